The van der Waals surface area contributed by atoms with E-state index in [2.05, 4.69) is 20.9 Å². The van der Waals surface area contributed by atoms with Crippen molar-refractivity contribution >= 4 is 26.8 Å². The van der Waals surface area contributed by atoms with Gasteiger partial charge in [-0.05, 0) is 62.0 Å². The van der Waals surface area contributed by atoms with Crippen molar-refractivity contribution in [2.24, 2.45) is 0 Å². The minimum absolute atomic E-state index is 0.129. The molecule has 5 aromatic rings. The highest BCUT2D eigenvalue weighted by molar-refractivity contribution is 9.10. The molecule has 0 spiro atoms. The first-order chi connectivity index (χ1) is 17.7. The second-order valence-electron chi connectivity index (χ2n) is 9.29. The summed E-state index contributed by atoms with van der Waals surface area (Å²) in [7, 11) is 3.76. The number of imidazole rings is 1. The Kier molecular flexibility index (Phi) is 6.90. The van der Waals surface area contributed by atoms with Gasteiger partial charge in [-0.15, -0.1) is 0 Å². The number of hydrogen-bond acceptors (Lipinski definition) is 4. The minimum Gasteiger partial charge on any atom is -0.380 e. The fourth-order valence-corrected chi connectivity index (χ4v) is 5.06. The third kappa shape index (κ3) is 5.05. The molecule has 0 amide bonds. The third-order valence-electron chi connectivity index (χ3n) is 6.40. The van der Waals surface area contributed by atoms with E-state index in [0.29, 0.717) is 27.9 Å². The van der Waals surface area contributed by atoms with Crippen LogP contribution in [0, 0.1) is 11.6 Å². The van der Waals surface area contributed by atoms with E-state index in [-0.39, 0.29) is 12.0 Å². The summed E-state index contributed by atoms with van der Waals surface area (Å²) in [4.78, 5) is 11.1. The van der Waals surface area contributed by atoms with Gasteiger partial charge in [0.05, 0.1) is 5.52 Å². The fourth-order valence-electron chi connectivity index (χ4n) is 4.58. The highest BCUT2D eigenvalue weighted by Gasteiger charge is 2.35. The van der Waals surface area contributed by atoms with Crippen LogP contribution in [0.1, 0.15) is 17.5 Å². The first kappa shape index (κ1) is 25.2. The average molecular weight is 563 g/mol. The number of aromatic nitrogens is 3. The van der Waals surface area contributed by atoms with E-state index in [0.717, 1.165) is 22.6 Å². The summed E-state index contributed by atoms with van der Waals surface area (Å²) in [5.74, 6) is -0.882. The molecule has 3 aromatic carbocycles. The molecule has 8 heteroatoms. The Bertz CT molecular complexity index is 1540. The Morgan fingerprint density at radius 3 is 2.38 bits per heavy atom. The molecule has 188 valence electrons. The van der Waals surface area contributed by atoms with Gasteiger partial charge in [-0.3, -0.25) is 4.57 Å². The number of rotatable bonds is 7. The lowest BCUT2D eigenvalue weighted by Crippen LogP contribution is -2.32. The van der Waals surface area contributed by atoms with Crippen molar-refractivity contribution in [3.8, 4) is 16.9 Å². The van der Waals surface area contributed by atoms with Crippen LogP contribution in [0.15, 0.2) is 89.9 Å². The smallest absolute Gasteiger partial charge is 0.146 e. The summed E-state index contributed by atoms with van der Waals surface area (Å²) < 4.78 is 31.2. The van der Waals surface area contributed by atoms with Crippen molar-refractivity contribution in [2.45, 2.75) is 12.0 Å². The van der Waals surface area contributed by atoms with Gasteiger partial charge in [-0.25, -0.2) is 18.7 Å². The lowest BCUT2D eigenvalue weighted by Gasteiger charge is -2.32. The lowest BCUT2D eigenvalue weighted by atomic mass is 9.82. The first-order valence-electron chi connectivity index (χ1n) is 11.8. The van der Waals surface area contributed by atoms with Crippen LogP contribution in [0.25, 0.3) is 27.8 Å². The molecule has 0 aliphatic carbocycles. The second-order valence-corrected chi connectivity index (χ2v) is 10.2. The fraction of sp³-hybridized carbons (Fsp3) is 0.172. The molecule has 0 bridgehead atoms. The number of nitrogens with zero attached hydrogens (tertiary/aromatic N) is 4. The van der Waals surface area contributed by atoms with E-state index in [1.807, 2.05) is 66.0 Å². The summed E-state index contributed by atoms with van der Waals surface area (Å²) >= 11 is 3.58. The van der Waals surface area contributed by atoms with Crippen molar-refractivity contribution in [1.29, 1.82) is 0 Å². The van der Waals surface area contributed by atoms with Gasteiger partial charge < -0.3 is 10.0 Å². The number of hydrogen-bond donors (Lipinski definition) is 1. The summed E-state index contributed by atoms with van der Waals surface area (Å²) in [5, 5.41) is 13.0. The van der Waals surface area contributed by atoms with Crippen molar-refractivity contribution in [1.82, 2.24) is 19.4 Å². The van der Waals surface area contributed by atoms with Gasteiger partial charge in [0.15, 0.2) is 0 Å². The molecule has 5 nitrogen and oxygen atoms in total. The van der Waals surface area contributed by atoms with Gasteiger partial charge >= 0.3 is 0 Å². The topological polar surface area (TPSA) is 54.2 Å². The highest BCUT2D eigenvalue weighted by Crippen LogP contribution is 2.41. The van der Waals surface area contributed by atoms with Crippen LogP contribution in [0.2, 0.25) is 0 Å². The van der Waals surface area contributed by atoms with Crippen molar-refractivity contribution in [3.63, 3.8) is 0 Å². The van der Waals surface area contributed by atoms with E-state index in [1.54, 1.807) is 24.8 Å². The first-order valence-corrected chi connectivity index (χ1v) is 12.6. The normalized spacial score (nSPS) is 13.3. The molecule has 2 aromatic heterocycles. The van der Waals surface area contributed by atoms with E-state index < -0.39 is 17.2 Å². The Morgan fingerprint density at radius 2 is 1.73 bits per heavy atom. The molecule has 1 atom stereocenters. The molecule has 0 aliphatic heterocycles. The summed E-state index contributed by atoms with van der Waals surface area (Å²) in [6.45, 7) is 0.471. The Hall–Kier alpha value is -3.46. The van der Waals surface area contributed by atoms with Gasteiger partial charge in [0.2, 0.25) is 0 Å². The molecule has 0 saturated carbocycles. The van der Waals surface area contributed by atoms with E-state index in [9.17, 15) is 13.9 Å². The number of pyridine rings is 1. The van der Waals surface area contributed by atoms with Crippen LogP contribution < -0.4 is 0 Å². The maximum absolute atomic E-state index is 14.4. The Balaban J connectivity index is 1.83. The van der Waals surface area contributed by atoms with Gasteiger partial charge in [-0.1, -0.05) is 46.3 Å². The molecule has 37 heavy (non-hydrogen) atoms. The van der Waals surface area contributed by atoms with E-state index >= 15 is 0 Å². The SMILES string of the molecule is CN(C)CCC(O)(c1cc(F)cc(F)c1)c1cc(Br)cc2cc(-c3ccccc3)c(-n3ccnc3)nc12. The van der Waals surface area contributed by atoms with E-state index in [4.69, 9.17) is 4.98 Å². The largest absolute Gasteiger partial charge is 0.380 e. The van der Waals surface area contributed by atoms with Crippen LogP contribution >= 0.6 is 15.9 Å². The van der Waals surface area contributed by atoms with Gasteiger partial charge in [-0.2, -0.15) is 0 Å². The monoisotopic (exact) mass is 562 g/mol. The Morgan fingerprint density at radius 1 is 1.00 bits per heavy atom. The zero-order chi connectivity index (χ0) is 26.2. The molecular weight excluding hydrogens is 538 g/mol. The number of aliphatic hydroxyl groups is 1. The second kappa shape index (κ2) is 10.1. The zero-order valence-electron chi connectivity index (χ0n) is 20.4. The summed E-state index contributed by atoms with van der Waals surface area (Å²) in [5.41, 5.74) is 1.23. The molecule has 1 unspecified atom stereocenters. The molecule has 0 saturated heterocycles. The van der Waals surface area contributed by atoms with Gasteiger partial charge in [0.25, 0.3) is 0 Å². The minimum atomic E-state index is -1.72. The lowest BCUT2D eigenvalue weighted by molar-refractivity contribution is 0.0635. The van der Waals surface area contributed by atoms with Gasteiger partial charge in [0.1, 0.15) is 29.4 Å². The standard InChI is InChI=1S/C29H25BrF2N4O/c1-35(2)10-8-29(37,21-14-23(31)17-24(32)15-21)26-16-22(30)12-20-13-25(19-6-4-3-5-7-19)28(34-27(20)26)36-11-9-33-18-36/h3-7,9,11-18,37H,8,10H2,1-2H3. The number of benzene rings is 3. The van der Waals surface area contributed by atoms with Crippen molar-refractivity contribution < 1.29 is 13.9 Å². The maximum Gasteiger partial charge on any atom is 0.146 e. The van der Waals surface area contributed by atoms with Crippen LogP contribution in [0.5, 0.6) is 0 Å². The van der Waals surface area contributed by atoms with Gasteiger partial charge in [0, 0.05) is 46.0 Å². The van der Waals surface area contributed by atoms with Crippen LogP contribution in [-0.4, -0.2) is 45.2 Å². The average Bonchev–Trinajstić information content (AvgIpc) is 3.41. The third-order valence-corrected chi connectivity index (χ3v) is 6.86. The molecule has 5 rings (SSSR count). The van der Waals surface area contributed by atoms with Crippen LogP contribution in [0.4, 0.5) is 8.78 Å². The molecule has 0 radical (unpaired) electrons. The molecule has 0 aliphatic rings. The highest BCUT2D eigenvalue weighted by atomic mass is 79.9. The predicted octanol–water partition coefficient (Wildman–Crippen LogP) is 6.32. The van der Waals surface area contributed by atoms with Crippen molar-refractivity contribution in [2.75, 3.05) is 20.6 Å². The van der Waals surface area contributed by atoms with Crippen LogP contribution in [-0.2, 0) is 5.60 Å². The predicted molar refractivity (Wildman–Crippen MR) is 145 cm³/mol. The molecule has 2 heterocycles. The Labute approximate surface area is 222 Å². The molecular formula is C29H25BrF2N4O. The number of halogens is 3. The molecule has 1 N–H and O–H groups in total. The number of fused-ring (bicyclic) bond motifs is 1. The summed E-state index contributed by atoms with van der Waals surface area (Å²) in [6, 6.07) is 18.8. The van der Waals surface area contributed by atoms with Crippen molar-refractivity contribution in [3.05, 3.63) is 113 Å². The zero-order valence-corrected chi connectivity index (χ0v) is 22.0. The quantitative estimate of drug-likeness (QED) is 0.252. The maximum atomic E-state index is 14.4. The summed E-state index contributed by atoms with van der Waals surface area (Å²) in [6.07, 6.45) is 5.34. The van der Waals surface area contributed by atoms with Crippen LogP contribution in [0.3, 0.4) is 0 Å². The van der Waals surface area contributed by atoms with E-state index in [1.165, 1.54) is 12.1 Å². The molecule has 0 fully saturated rings.